The molecule has 25 heavy (non-hydrogen) atoms. The Kier molecular flexibility index (Phi) is 6.70. The molecule has 132 valence electrons. The summed E-state index contributed by atoms with van der Waals surface area (Å²) in [6.07, 6.45) is 0.527. The zero-order valence-corrected chi connectivity index (χ0v) is 13.5. The number of nitro benzene ring substituents is 1. The first-order valence-electron chi connectivity index (χ1n) is 7.79. The van der Waals surface area contributed by atoms with Gasteiger partial charge in [0.25, 0.3) is 5.69 Å². The van der Waals surface area contributed by atoms with Gasteiger partial charge in [0.1, 0.15) is 11.5 Å². The van der Waals surface area contributed by atoms with Crippen LogP contribution >= 0.6 is 0 Å². The Bertz CT molecular complexity index is 739. The van der Waals surface area contributed by atoms with Crippen molar-refractivity contribution in [1.82, 2.24) is 10.6 Å². The number of anilines is 1. The lowest BCUT2D eigenvalue weighted by atomic mass is 10.1. The molecule has 0 fully saturated rings. The third-order valence-electron chi connectivity index (χ3n) is 3.42. The van der Waals surface area contributed by atoms with Crippen molar-refractivity contribution < 1.29 is 14.1 Å². The second kappa shape index (κ2) is 9.21. The van der Waals surface area contributed by atoms with Gasteiger partial charge in [-0.1, -0.05) is 24.3 Å². The predicted octanol–water partition coefficient (Wildman–Crippen LogP) is 2.69. The number of nitrogens with one attached hydrogen (secondary N) is 3. The lowest BCUT2D eigenvalue weighted by Crippen LogP contribution is -2.38. The third kappa shape index (κ3) is 6.09. The van der Waals surface area contributed by atoms with Crippen LogP contribution in [0, 0.1) is 15.9 Å². The largest absolute Gasteiger partial charge is 0.378 e. The Morgan fingerprint density at radius 3 is 2.56 bits per heavy atom. The van der Waals surface area contributed by atoms with E-state index < -0.39 is 4.92 Å². The zero-order chi connectivity index (χ0) is 18.1. The first-order chi connectivity index (χ1) is 12.1. The van der Waals surface area contributed by atoms with Gasteiger partial charge in [0, 0.05) is 25.7 Å². The van der Waals surface area contributed by atoms with E-state index in [1.54, 1.807) is 30.3 Å². The van der Waals surface area contributed by atoms with Gasteiger partial charge >= 0.3 is 6.03 Å². The summed E-state index contributed by atoms with van der Waals surface area (Å²) in [6.45, 7) is 1.03. The lowest BCUT2D eigenvalue weighted by molar-refractivity contribution is -0.384. The lowest BCUT2D eigenvalue weighted by Gasteiger charge is -2.09. The Hall–Kier alpha value is -3.16. The van der Waals surface area contributed by atoms with Gasteiger partial charge in [-0.3, -0.25) is 10.1 Å². The van der Waals surface area contributed by atoms with Gasteiger partial charge in [-0.05, 0) is 30.2 Å². The molecule has 2 aromatic carbocycles. The molecular formula is C17H19FN4O3. The van der Waals surface area contributed by atoms with Gasteiger partial charge in [-0.25, -0.2) is 9.18 Å². The van der Waals surface area contributed by atoms with E-state index in [4.69, 9.17) is 0 Å². The maximum atomic E-state index is 13.0. The number of hydrogen-bond acceptors (Lipinski definition) is 4. The first-order valence-corrected chi connectivity index (χ1v) is 7.79. The second-order valence-electron chi connectivity index (χ2n) is 5.26. The standard InChI is InChI=1S/C17H19FN4O3/c18-14-5-3-4-13(12-14)8-9-20-17(23)21-11-10-19-15-6-1-2-7-16(15)22(24)25/h1-7,12,19H,8-11H2,(H2,20,21,23). The number of carbonyl (C=O) groups is 1. The van der Waals surface area contributed by atoms with Crippen LogP contribution in [-0.2, 0) is 6.42 Å². The average Bonchev–Trinajstić information content (AvgIpc) is 2.59. The van der Waals surface area contributed by atoms with Crippen molar-refractivity contribution in [3.8, 4) is 0 Å². The van der Waals surface area contributed by atoms with Crippen LogP contribution in [0.3, 0.4) is 0 Å². The fraction of sp³-hybridized carbons (Fsp3) is 0.235. The molecule has 0 spiro atoms. The Morgan fingerprint density at radius 1 is 1.04 bits per heavy atom. The van der Waals surface area contributed by atoms with E-state index >= 15 is 0 Å². The molecule has 7 nitrogen and oxygen atoms in total. The summed E-state index contributed by atoms with van der Waals surface area (Å²) in [5, 5.41) is 19.1. The molecule has 0 heterocycles. The van der Waals surface area contributed by atoms with Crippen molar-refractivity contribution in [2.45, 2.75) is 6.42 Å². The molecule has 0 aliphatic carbocycles. The molecule has 0 bridgehead atoms. The summed E-state index contributed by atoms with van der Waals surface area (Å²) >= 11 is 0. The summed E-state index contributed by atoms with van der Waals surface area (Å²) in [7, 11) is 0. The minimum atomic E-state index is -0.463. The van der Waals surface area contributed by atoms with Crippen molar-refractivity contribution >= 4 is 17.4 Å². The number of urea groups is 1. The van der Waals surface area contributed by atoms with Gasteiger partial charge in [0.2, 0.25) is 0 Å². The monoisotopic (exact) mass is 346 g/mol. The SMILES string of the molecule is O=C(NCCNc1ccccc1[N+](=O)[O-])NCCc1cccc(F)c1. The van der Waals surface area contributed by atoms with Crippen LogP contribution in [0.4, 0.5) is 20.6 Å². The van der Waals surface area contributed by atoms with E-state index in [1.807, 2.05) is 0 Å². The van der Waals surface area contributed by atoms with Crippen molar-refractivity contribution in [3.63, 3.8) is 0 Å². The molecule has 0 saturated heterocycles. The minimum Gasteiger partial charge on any atom is -0.378 e. The molecule has 0 unspecified atom stereocenters. The first kappa shape index (κ1) is 18.2. The summed E-state index contributed by atoms with van der Waals surface area (Å²) in [4.78, 5) is 22.1. The third-order valence-corrected chi connectivity index (χ3v) is 3.42. The zero-order valence-electron chi connectivity index (χ0n) is 13.5. The van der Waals surface area contributed by atoms with Crippen molar-refractivity contribution in [3.05, 3.63) is 70.0 Å². The highest BCUT2D eigenvalue weighted by Crippen LogP contribution is 2.22. The Labute approximate surface area is 144 Å². The molecule has 0 radical (unpaired) electrons. The maximum Gasteiger partial charge on any atom is 0.314 e. The summed E-state index contributed by atoms with van der Waals surface area (Å²) in [5.74, 6) is -0.303. The van der Waals surface area contributed by atoms with Gasteiger partial charge in [0.15, 0.2) is 0 Å². The van der Waals surface area contributed by atoms with Crippen molar-refractivity contribution in [2.24, 2.45) is 0 Å². The molecule has 0 saturated carbocycles. The minimum absolute atomic E-state index is 0.0120. The smallest absolute Gasteiger partial charge is 0.314 e. The van der Waals surface area contributed by atoms with E-state index in [9.17, 15) is 19.3 Å². The Balaban J connectivity index is 1.65. The summed E-state index contributed by atoms with van der Waals surface area (Å²) < 4.78 is 13.0. The van der Waals surface area contributed by atoms with Crippen LogP contribution in [0.5, 0.6) is 0 Å². The number of rotatable bonds is 8. The molecule has 0 aliphatic heterocycles. The molecule has 0 aromatic heterocycles. The summed E-state index contributed by atoms with van der Waals surface area (Å²) in [5.41, 5.74) is 1.20. The molecule has 0 atom stereocenters. The Morgan fingerprint density at radius 2 is 1.80 bits per heavy atom. The average molecular weight is 346 g/mol. The number of carbonyl (C=O) groups excluding carboxylic acids is 1. The topological polar surface area (TPSA) is 96.3 Å². The van der Waals surface area contributed by atoms with Crippen LogP contribution in [0.25, 0.3) is 0 Å². The van der Waals surface area contributed by atoms with E-state index in [2.05, 4.69) is 16.0 Å². The van der Waals surface area contributed by atoms with E-state index in [0.717, 1.165) is 5.56 Å². The van der Waals surface area contributed by atoms with E-state index in [0.29, 0.717) is 31.7 Å². The number of halogens is 1. The normalized spacial score (nSPS) is 10.1. The van der Waals surface area contributed by atoms with Gasteiger partial charge in [-0.2, -0.15) is 0 Å². The summed E-state index contributed by atoms with van der Waals surface area (Å²) in [6, 6.07) is 12.2. The van der Waals surface area contributed by atoms with Crippen LogP contribution < -0.4 is 16.0 Å². The number of para-hydroxylation sites is 2. The molecular weight excluding hydrogens is 327 g/mol. The van der Waals surface area contributed by atoms with E-state index in [1.165, 1.54) is 18.2 Å². The number of amides is 2. The molecule has 8 heteroatoms. The molecule has 2 aromatic rings. The number of nitrogens with zero attached hydrogens (tertiary/aromatic N) is 1. The number of benzene rings is 2. The predicted molar refractivity (Wildman–Crippen MR) is 93.1 cm³/mol. The number of hydrogen-bond donors (Lipinski definition) is 3. The second-order valence-corrected chi connectivity index (χ2v) is 5.26. The highest BCUT2D eigenvalue weighted by molar-refractivity contribution is 5.73. The quantitative estimate of drug-likeness (QED) is 0.389. The number of nitro groups is 1. The van der Waals surface area contributed by atoms with Crippen LogP contribution in [-0.4, -0.2) is 30.6 Å². The van der Waals surface area contributed by atoms with Crippen molar-refractivity contribution in [1.29, 1.82) is 0 Å². The van der Waals surface area contributed by atoms with Crippen LogP contribution in [0.15, 0.2) is 48.5 Å². The van der Waals surface area contributed by atoms with Crippen molar-refractivity contribution in [2.75, 3.05) is 25.0 Å². The fourth-order valence-corrected chi connectivity index (χ4v) is 2.23. The van der Waals surface area contributed by atoms with Gasteiger partial charge < -0.3 is 16.0 Å². The van der Waals surface area contributed by atoms with Crippen LogP contribution in [0.1, 0.15) is 5.56 Å². The maximum absolute atomic E-state index is 13.0. The fourth-order valence-electron chi connectivity index (χ4n) is 2.23. The molecule has 2 rings (SSSR count). The highest BCUT2D eigenvalue weighted by atomic mass is 19.1. The van der Waals surface area contributed by atoms with E-state index in [-0.39, 0.29) is 17.5 Å². The van der Waals surface area contributed by atoms with Crippen LogP contribution in [0.2, 0.25) is 0 Å². The van der Waals surface area contributed by atoms with Gasteiger partial charge in [0.05, 0.1) is 4.92 Å². The van der Waals surface area contributed by atoms with Gasteiger partial charge in [-0.15, -0.1) is 0 Å². The molecule has 3 N–H and O–H groups in total. The highest BCUT2D eigenvalue weighted by Gasteiger charge is 2.11. The molecule has 0 aliphatic rings. The molecule has 2 amide bonds.